The molecule has 1 aromatic heterocycles. The zero-order valence-electron chi connectivity index (χ0n) is 8.18. The maximum absolute atomic E-state index is 8.88. The topological polar surface area (TPSA) is 61.6 Å². The third kappa shape index (κ3) is 2.35. The van der Waals surface area contributed by atoms with E-state index in [0.29, 0.717) is 11.4 Å². The van der Waals surface area contributed by atoms with E-state index in [2.05, 4.69) is 37.5 Å². The molecule has 0 unspecified atom stereocenters. The number of nitrogens with zero attached hydrogens (tertiary/aromatic N) is 3. The fraction of sp³-hybridized carbons (Fsp3) is 0. The molecule has 0 aliphatic carbocycles. The molecule has 5 heteroatoms. The average molecular weight is 275 g/mol. The van der Waals surface area contributed by atoms with Crippen LogP contribution in [0.1, 0.15) is 5.56 Å². The number of halogens is 1. The summed E-state index contributed by atoms with van der Waals surface area (Å²) in [4.78, 5) is 0. The molecule has 0 atom stereocenters. The van der Waals surface area contributed by atoms with Gasteiger partial charge in [-0.1, -0.05) is 22.0 Å². The van der Waals surface area contributed by atoms with Gasteiger partial charge in [0, 0.05) is 10.2 Å². The number of hydrogen-bond donors (Lipinski definition) is 1. The van der Waals surface area contributed by atoms with Crippen molar-refractivity contribution in [1.29, 1.82) is 5.26 Å². The van der Waals surface area contributed by atoms with Gasteiger partial charge in [0.1, 0.15) is 6.07 Å². The normalized spacial score (nSPS) is 9.50. The van der Waals surface area contributed by atoms with E-state index in [1.54, 1.807) is 6.07 Å². The molecule has 0 bridgehead atoms. The summed E-state index contributed by atoms with van der Waals surface area (Å²) in [5.74, 6) is 0.461. The maximum atomic E-state index is 8.88. The van der Waals surface area contributed by atoms with Crippen LogP contribution in [0.4, 0.5) is 11.5 Å². The van der Waals surface area contributed by atoms with E-state index in [0.717, 1.165) is 10.2 Å². The highest BCUT2D eigenvalue weighted by Gasteiger charge is 2.03. The van der Waals surface area contributed by atoms with Crippen molar-refractivity contribution in [3.05, 3.63) is 46.6 Å². The Hall–Kier alpha value is -1.93. The minimum atomic E-state index is 0.461. The fourth-order valence-electron chi connectivity index (χ4n) is 1.22. The van der Waals surface area contributed by atoms with Gasteiger partial charge in [-0.3, -0.25) is 0 Å². The molecule has 0 saturated heterocycles. The third-order valence-electron chi connectivity index (χ3n) is 1.93. The summed E-state index contributed by atoms with van der Waals surface area (Å²) in [5.41, 5.74) is 1.32. The molecule has 2 aromatic rings. The lowest BCUT2D eigenvalue weighted by Gasteiger charge is -2.05. The SMILES string of the molecule is N#Cc1ccnnc1Nc1cccc(Br)c1. The molecule has 0 amide bonds. The van der Waals surface area contributed by atoms with Gasteiger partial charge in [-0.25, -0.2) is 0 Å². The van der Waals surface area contributed by atoms with Gasteiger partial charge in [0.05, 0.1) is 11.8 Å². The van der Waals surface area contributed by atoms with E-state index in [9.17, 15) is 0 Å². The van der Waals surface area contributed by atoms with Crippen LogP contribution < -0.4 is 5.32 Å². The second-order valence-corrected chi connectivity index (χ2v) is 3.96. The van der Waals surface area contributed by atoms with Crippen LogP contribution >= 0.6 is 15.9 Å². The predicted molar refractivity (Wildman–Crippen MR) is 64.2 cm³/mol. The molecule has 2 rings (SSSR count). The molecule has 0 aliphatic rings. The lowest BCUT2D eigenvalue weighted by Crippen LogP contribution is -1.97. The molecule has 0 saturated carbocycles. The third-order valence-corrected chi connectivity index (χ3v) is 2.42. The van der Waals surface area contributed by atoms with Gasteiger partial charge in [-0.2, -0.15) is 10.4 Å². The van der Waals surface area contributed by atoms with Gasteiger partial charge < -0.3 is 5.32 Å². The Labute approximate surface area is 101 Å². The Bertz CT molecular complexity index is 548. The lowest BCUT2D eigenvalue weighted by atomic mass is 10.3. The molecule has 1 heterocycles. The maximum Gasteiger partial charge on any atom is 0.171 e. The summed E-state index contributed by atoms with van der Waals surface area (Å²) in [5, 5.41) is 19.5. The number of nitrogens with one attached hydrogen (secondary N) is 1. The molecule has 1 aromatic carbocycles. The van der Waals surface area contributed by atoms with Crippen LogP contribution in [-0.4, -0.2) is 10.2 Å². The van der Waals surface area contributed by atoms with E-state index < -0.39 is 0 Å². The minimum absolute atomic E-state index is 0.461. The zero-order chi connectivity index (χ0) is 11.4. The fourth-order valence-corrected chi connectivity index (χ4v) is 1.62. The van der Waals surface area contributed by atoms with Crippen molar-refractivity contribution in [3.63, 3.8) is 0 Å². The van der Waals surface area contributed by atoms with Crippen molar-refractivity contribution in [2.45, 2.75) is 0 Å². The Morgan fingerprint density at radius 3 is 2.94 bits per heavy atom. The molecule has 0 spiro atoms. The molecular weight excluding hydrogens is 268 g/mol. The standard InChI is InChI=1S/C11H7BrN4/c12-9-2-1-3-10(6-9)15-11-8(7-13)4-5-14-16-11/h1-6H,(H,15,16). The summed E-state index contributed by atoms with van der Waals surface area (Å²) in [6.45, 7) is 0. The van der Waals surface area contributed by atoms with Gasteiger partial charge in [-0.15, -0.1) is 5.10 Å². The summed E-state index contributed by atoms with van der Waals surface area (Å²) in [7, 11) is 0. The van der Waals surface area contributed by atoms with Crippen molar-refractivity contribution >= 4 is 27.4 Å². The van der Waals surface area contributed by atoms with Gasteiger partial charge >= 0.3 is 0 Å². The van der Waals surface area contributed by atoms with Gasteiger partial charge in [-0.05, 0) is 24.3 Å². The number of nitriles is 1. The number of benzene rings is 1. The van der Waals surface area contributed by atoms with Crippen LogP contribution in [0.5, 0.6) is 0 Å². The molecule has 78 valence electrons. The number of rotatable bonds is 2. The summed E-state index contributed by atoms with van der Waals surface area (Å²) >= 11 is 3.37. The first kappa shape index (κ1) is 10.6. The minimum Gasteiger partial charge on any atom is -0.338 e. The van der Waals surface area contributed by atoms with Crippen molar-refractivity contribution in [1.82, 2.24) is 10.2 Å². The van der Waals surface area contributed by atoms with Crippen LogP contribution in [0.3, 0.4) is 0 Å². The van der Waals surface area contributed by atoms with Crippen molar-refractivity contribution in [3.8, 4) is 6.07 Å². The predicted octanol–water partition coefficient (Wildman–Crippen LogP) is 2.85. The summed E-state index contributed by atoms with van der Waals surface area (Å²) in [6, 6.07) is 11.3. The van der Waals surface area contributed by atoms with E-state index in [4.69, 9.17) is 5.26 Å². The Morgan fingerprint density at radius 1 is 1.31 bits per heavy atom. The van der Waals surface area contributed by atoms with Crippen molar-refractivity contribution in [2.75, 3.05) is 5.32 Å². The largest absolute Gasteiger partial charge is 0.338 e. The van der Waals surface area contributed by atoms with E-state index >= 15 is 0 Å². The molecule has 0 fully saturated rings. The first-order valence-electron chi connectivity index (χ1n) is 4.54. The molecule has 4 nitrogen and oxygen atoms in total. The highest BCUT2D eigenvalue weighted by Crippen LogP contribution is 2.20. The smallest absolute Gasteiger partial charge is 0.171 e. The Balaban J connectivity index is 2.31. The second kappa shape index (κ2) is 4.73. The average Bonchev–Trinajstić information content (AvgIpc) is 2.30. The zero-order valence-corrected chi connectivity index (χ0v) is 9.77. The Kier molecular flexibility index (Phi) is 3.13. The highest BCUT2D eigenvalue weighted by atomic mass is 79.9. The molecule has 0 radical (unpaired) electrons. The van der Waals surface area contributed by atoms with E-state index in [1.165, 1.54) is 6.20 Å². The van der Waals surface area contributed by atoms with E-state index in [1.807, 2.05) is 24.3 Å². The quantitative estimate of drug-likeness (QED) is 0.915. The summed E-state index contributed by atoms with van der Waals surface area (Å²) < 4.78 is 0.958. The van der Waals surface area contributed by atoms with Crippen LogP contribution in [0.15, 0.2) is 41.0 Å². The molecule has 0 aliphatic heterocycles. The highest BCUT2D eigenvalue weighted by molar-refractivity contribution is 9.10. The van der Waals surface area contributed by atoms with Gasteiger partial charge in [0.2, 0.25) is 0 Å². The van der Waals surface area contributed by atoms with E-state index in [-0.39, 0.29) is 0 Å². The van der Waals surface area contributed by atoms with Crippen LogP contribution in [0.2, 0.25) is 0 Å². The first-order chi connectivity index (χ1) is 7.79. The molecular formula is C11H7BrN4. The monoisotopic (exact) mass is 274 g/mol. The van der Waals surface area contributed by atoms with Crippen LogP contribution in [0.25, 0.3) is 0 Å². The summed E-state index contributed by atoms with van der Waals surface area (Å²) in [6.07, 6.45) is 1.49. The van der Waals surface area contributed by atoms with Gasteiger partial charge in [0.15, 0.2) is 5.82 Å². The van der Waals surface area contributed by atoms with Crippen LogP contribution in [-0.2, 0) is 0 Å². The number of aromatic nitrogens is 2. The first-order valence-corrected chi connectivity index (χ1v) is 5.33. The van der Waals surface area contributed by atoms with Gasteiger partial charge in [0.25, 0.3) is 0 Å². The van der Waals surface area contributed by atoms with Crippen molar-refractivity contribution in [2.24, 2.45) is 0 Å². The molecule has 16 heavy (non-hydrogen) atoms. The number of hydrogen-bond acceptors (Lipinski definition) is 4. The van der Waals surface area contributed by atoms with Crippen molar-refractivity contribution < 1.29 is 0 Å². The Morgan fingerprint density at radius 2 is 2.19 bits per heavy atom. The lowest BCUT2D eigenvalue weighted by molar-refractivity contribution is 1.03. The molecule has 1 N–H and O–H groups in total. The second-order valence-electron chi connectivity index (χ2n) is 3.04. The number of anilines is 2. The van der Waals surface area contributed by atoms with Crippen LogP contribution in [0, 0.1) is 11.3 Å².